The van der Waals surface area contributed by atoms with E-state index in [-0.39, 0.29) is 49.2 Å². The molecule has 3 heterocycles. The molecule has 3 saturated heterocycles. The molecule has 46 heavy (non-hydrogen) atoms. The van der Waals surface area contributed by atoms with E-state index in [1.807, 2.05) is 34.6 Å². The SMILES string of the molecule is C=C(COCC1[C@H](O[C@H]2C(CC)O[C@@H](O)C(N=[N+]=[N-])[C@H]2C)O[C@@H](C(C)=O)[C@H](O[C@@H]2O[C@@H](CC)[C@H](C)[C@H](C)C2N=[N+]=[N-])[C@@H]1C)OC=O. The van der Waals surface area contributed by atoms with Crippen molar-refractivity contribution in [3.8, 4) is 0 Å². The molecule has 1 N–H and O–H groups in total. The van der Waals surface area contributed by atoms with Crippen LogP contribution < -0.4 is 0 Å². The highest BCUT2D eigenvalue weighted by Gasteiger charge is 2.52. The summed E-state index contributed by atoms with van der Waals surface area (Å²) in [5.74, 6) is -1.67. The number of carbonyl (C=O) groups excluding carboxylic acids is 2. The molecule has 0 bridgehead atoms. The molecule has 3 rings (SSSR count). The van der Waals surface area contributed by atoms with Gasteiger partial charge in [-0.2, -0.15) is 0 Å². The van der Waals surface area contributed by atoms with Gasteiger partial charge in [-0.25, -0.2) is 0 Å². The lowest BCUT2D eigenvalue weighted by atomic mass is 9.80. The third kappa shape index (κ3) is 8.57. The fourth-order valence-electron chi connectivity index (χ4n) is 6.66. The van der Waals surface area contributed by atoms with Crippen LogP contribution in [0.3, 0.4) is 0 Å². The Hall–Kier alpha value is -2.78. The highest BCUT2D eigenvalue weighted by molar-refractivity contribution is 5.81. The Kier molecular flexibility index (Phi) is 14.2. The first kappa shape index (κ1) is 37.7. The Morgan fingerprint density at radius 2 is 1.52 bits per heavy atom. The zero-order valence-corrected chi connectivity index (χ0v) is 27.6. The normalized spacial score (nSPS) is 41.0. The maximum Gasteiger partial charge on any atom is 0.298 e. The van der Waals surface area contributed by atoms with Crippen LogP contribution in [-0.2, 0) is 42.7 Å². The standard InChI is InChI=1S/C30H48N6O10/c1-9-21-15(4)16(5)24(34-36-32)30(43-21)45-26-17(6)20(12-40-11-14(3)41-13-37)29(46-27(26)19(8)38)44-25-18(7)23(33-35-31)28(39)42-22(25)10-2/h13,15-18,20-30,39H,3,9-12H2,1-2,4-8H3/t15-,16+,17-,18-,20?,21+,22?,23?,24?,25-,26-,27+,28-,29-,30+/m1/s1. The van der Waals surface area contributed by atoms with Gasteiger partial charge < -0.3 is 38.3 Å². The fraction of sp³-hybridized carbons (Fsp3) is 0.867. The first-order chi connectivity index (χ1) is 21.9. The number of hydrogen-bond donors (Lipinski definition) is 1. The Balaban J connectivity index is 1.96. The molecule has 3 fully saturated rings. The lowest BCUT2D eigenvalue weighted by Gasteiger charge is -2.50. The number of ketones is 1. The van der Waals surface area contributed by atoms with Gasteiger partial charge in [0.05, 0.1) is 43.1 Å². The van der Waals surface area contributed by atoms with Crippen LogP contribution in [0.2, 0.25) is 0 Å². The Morgan fingerprint density at radius 3 is 2.11 bits per heavy atom. The van der Waals surface area contributed by atoms with Gasteiger partial charge in [0.1, 0.15) is 18.5 Å². The average molecular weight is 653 g/mol. The van der Waals surface area contributed by atoms with Gasteiger partial charge in [-0.05, 0) is 54.5 Å². The summed E-state index contributed by atoms with van der Waals surface area (Å²) in [4.78, 5) is 29.8. The number of ether oxygens (including phenoxy) is 7. The fourth-order valence-corrected chi connectivity index (χ4v) is 6.66. The molecule has 0 aromatic rings. The maximum atomic E-state index is 13.1. The summed E-state index contributed by atoms with van der Waals surface area (Å²) in [6, 6.07) is -1.57. The minimum Gasteiger partial charge on any atom is -0.431 e. The number of hydrogen-bond acceptors (Lipinski definition) is 12. The largest absolute Gasteiger partial charge is 0.431 e. The van der Waals surface area contributed by atoms with E-state index in [1.54, 1.807) is 6.92 Å². The van der Waals surface area contributed by atoms with Crippen LogP contribution in [0.1, 0.15) is 61.3 Å². The first-order valence-corrected chi connectivity index (χ1v) is 15.8. The molecule has 0 aromatic heterocycles. The van der Waals surface area contributed by atoms with Gasteiger partial charge in [0.15, 0.2) is 24.7 Å². The zero-order valence-electron chi connectivity index (χ0n) is 27.6. The number of nitrogens with zero attached hydrogens (tertiary/aromatic N) is 6. The van der Waals surface area contributed by atoms with Crippen molar-refractivity contribution in [3.05, 3.63) is 33.2 Å². The molecule has 16 nitrogen and oxygen atoms in total. The molecule has 4 unspecified atom stereocenters. The van der Waals surface area contributed by atoms with E-state index < -0.39 is 73.1 Å². The molecule has 0 aliphatic carbocycles. The Morgan fingerprint density at radius 1 is 0.891 bits per heavy atom. The summed E-state index contributed by atoms with van der Waals surface area (Å²) in [6.07, 6.45) is -5.45. The van der Waals surface area contributed by atoms with E-state index in [4.69, 9.17) is 38.7 Å². The molecule has 3 aliphatic heterocycles. The molecule has 258 valence electrons. The van der Waals surface area contributed by atoms with E-state index in [9.17, 15) is 20.2 Å². The number of carbonyl (C=O) groups is 2. The summed E-state index contributed by atoms with van der Waals surface area (Å²) in [5, 5.41) is 18.2. The number of Topliss-reactive ketones (excluding diaryl/α,β-unsaturated/α-hetero) is 1. The molecule has 16 heteroatoms. The van der Waals surface area contributed by atoms with Gasteiger partial charge in [-0.3, -0.25) is 9.59 Å². The van der Waals surface area contributed by atoms with Gasteiger partial charge >= 0.3 is 0 Å². The third-order valence-corrected chi connectivity index (χ3v) is 9.64. The van der Waals surface area contributed by atoms with Crippen LogP contribution in [0.25, 0.3) is 20.9 Å². The van der Waals surface area contributed by atoms with Crippen LogP contribution in [0.5, 0.6) is 0 Å². The predicted molar refractivity (Wildman–Crippen MR) is 162 cm³/mol. The minimum absolute atomic E-state index is 0.0228. The Labute approximate surface area is 269 Å². The van der Waals surface area contributed by atoms with Gasteiger partial charge in [-0.15, -0.1) is 0 Å². The minimum atomic E-state index is -1.32. The van der Waals surface area contributed by atoms with Crippen LogP contribution in [0, 0.1) is 29.6 Å². The smallest absolute Gasteiger partial charge is 0.298 e. The Bertz CT molecular complexity index is 1150. The molecular weight excluding hydrogens is 604 g/mol. The number of rotatable bonds is 15. The summed E-state index contributed by atoms with van der Waals surface area (Å²) in [5.41, 5.74) is 18.4. The van der Waals surface area contributed by atoms with Crippen LogP contribution in [0.15, 0.2) is 22.6 Å². The summed E-state index contributed by atoms with van der Waals surface area (Å²) < 4.78 is 42.2. The highest BCUT2D eigenvalue weighted by Crippen LogP contribution is 2.41. The van der Waals surface area contributed by atoms with Gasteiger partial charge in [0.25, 0.3) is 6.47 Å². The highest BCUT2D eigenvalue weighted by atomic mass is 16.7. The predicted octanol–water partition coefficient (Wildman–Crippen LogP) is 4.55. The second-order valence-corrected chi connectivity index (χ2v) is 12.4. The van der Waals surface area contributed by atoms with Crippen LogP contribution in [0.4, 0.5) is 0 Å². The van der Waals surface area contributed by atoms with E-state index >= 15 is 0 Å². The van der Waals surface area contributed by atoms with Crippen molar-refractivity contribution in [2.24, 2.45) is 39.8 Å². The van der Waals surface area contributed by atoms with Crippen molar-refractivity contribution in [2.75, 3.05) is 13.2 Å². The summed E-state index contributed by atoms with van der Waals surface area (Å²) in [7, 11) is 0. The van der Waals surface area contributed by atoms with E-state index in [2.05, 4.69) is 26.6 Å². The van der Waals surface area contributed by atoms with E-state index in [1.165, 1.54) is 6.92 Å². The molecule has 0 aromatic carbocycles. The van der Waals surface area contributed by atoms with Gasteiger partial charge in [-0.1, -0.05) is 58.3 Å². The quantitative estimate of drug-likeness (QED) is 0.0855. The molecule has 0 spiro atoms. The first-order valence-electron chi connectivity index (χ1n) is 15.8. The zero-order chi connectivity index (χ0) is 34.1. The number of aliphatic hydroxyl groups excluding tert-OH is 1. The molecule has 15 atom stereocenters. The molecule has 3 aliphatic rings. The van der Waals surface area contributed by atoms with Crippen LogP contribution >= 0.6 is 0 Å². The maximum absolute atomic E-state index is 13.1. The molecule has 0 saturated carbocycles. The van der Waals surface area contributed by atoms with Crippen molar-refractivity contribution in [1.82, 2.24) is 0 Å². The monoisotopic (exact) mass is 652 g/mol. The van der Waals surface area contributed by atoms with E-state index in [0.29, 0.717) is 12.8 Å². The van der Waals surface area contributed by atoms with Gasteiger partial charge in [0, 0.05) is 15.7 Å². The molecular formula is C30H48N6O10. The number of azide groups is 2. The molecule has 0 radical (unpaired) electrons. The van der Waals surface area contributed by atoms with E-state index in [0.717, 1.165) is 0 Å². The second kappa shape index (κ2) is 17.4. The third-order valence-electron chi connectivity index (χ3n) is 9.64. The van der Waals surface area contributed by atoms with Crippen molar-refractivity contribution in [2.45, 2.75) is 123 Å². The summed E-state index contributed by atoms with van der Waals surface area (Å²) in [6.45, 7) is 16.8. The van der Waals surface area contributed by atoms with Crippen molar-refractivity contribution in [3.63, 3.8) is 0 Å². The van der Waals surface area contributed by atoms with Crippen molar-refractivity contribution in [1.29, 1.82) is 0 Å². The lowest BCUT2D eigenvalue weighted by Crippen LogP contribution is -2.61. The van der Waals surface area contributed by atoms with Crippen molar-refractivity contribution >= 4 is 12.3 Å². The van der Waals surface area contributed by atoms with Crippen molar-refractivity contribution < 1.29 is 47.9 Å². The lowest BCUT2D eigenvalue weighted by molar-refractivity contribution is -0.338. The number of aliphatic hydroxyl groups is 1. The second-order valence-electron chi connectivity index (χ2n) is 12.4. The topological polar surface area (TPSA) is 216 Å². The van der Waals surface area contributed by atoms with Gasteiger partial charge in [0.2, 0.25) is 0 Å². The van der Waals surface area contributed by atoms with Crippen LogP contribution in [-0.4, -0.2) is 92.0 Å². The average Bonchev–Trinajstić information content (AvgIpc) is 3.02. The summed E-state index contributed by atoms with van der Waals surface area (Å²) >= 11 is 0. The molecule has 0 amide bonds.